The van der Waals surface area contributed by atoms with Crippen LogP contribution in [0.2, 0.25) is 0 Å². The molecule has 2 heterocycles. The minimum Gasteiger partial charge on any atom is -0.379 e. The molecular formula is C24H37N5O2S. The van der Waals surface area contributed by atoms with Gasteiger partial charge in [0.1, 0.15) is 0 Å². The first-order valence-corrected chi connectivity index (χ1v) is 11.8. The topological polar surface area (TPSA) is 63.8 Å². The van der Waals surface area contributed by atoms with E-state index in [4.69, 9.17) is 17.0 Å². The molecule has 2 N–H and O–H groups in total. The Morgan fingerprint density at radius 3 is 2.66 bits per heavy atom. The lowest BCUT2D eigenvalue weighted by molar-refractivity contribution is 0.0376. The molecule has 2 aromatic rings. The smallest absolute Gasteiger partial charge is 0.253 e. The van der Waals surface area contributed by atoms with E-state index < -0.39 is 0 Å². The summed E-state index contributed by atoms with van der Waals surface area (Å²) < 4.78 is 5.41. The van der Waals surface area contributed by atoms with Crippen LogP contribution in [0.3, 0.4) is 0 Å². The molecule has 0 saturated carbocycles. The Balaban J connectivity index is 1.66. The van der Waals surface area contributed by atoms with E-state index in [1.807, 2.05) is 27.1 Å². The summed E-state index contributed by atoms with van der Waals surface area (Å²) in [5.74, 6) is 0. The molecule has 7 nitrogen and oxygen atoms in total. The lowest BCUT2D eigenvalue weighted by Gasteiger charge is -2.28. The van der Waals surface area contributed by atoms with Gasteiger partial charge >= 0.3 is 0 Å². The van der Waals surface area contributed by atoms with Crippen LogP contribution in [0.25, 0.3) is 10.9 Å². The largest absolute Gasteiger partial charge is 0.379 e. The average molecular weight is 460 g/mol. The molecule has 8 heteroatoms. The number of aromatic nitrogens is 1. The van der Waals surface area contributed by atoms with E-state index in [-0.39, 0.29) is 5.56 Å². The zero-order valence-corrected chi connectivity index (χ0v) is 20.7. The fourth-order valence-electron chi connectivity index (χ4n) is 4.06. The predicted molar refractivity (Wildman–Crippen MR) is 135 cm³/mol. The van der Waals surface area contributed by atoms with Crippen molar-refractivity contribution in [3.63, 3.8) is 0 Å². The summed E-state index contributed by atoms with van der Waals surface area (Å²) in [4.78, 5) is 22.6. The van der Waals surface area contributed by atoms with Crippen LogP contribution in [0, 0.1) is 13.8 Å². The molecule has 0 bridgehead atoms. The van der Waals surface area contributed by atoms with E-state index in [0.29, 0.717) is 11.7 Å². The number of thiocarbonyl (C=S) groups is 1. The van der Waals surface area contributed by atoms with E-state index in [0.717, 1.165) is 80.9 Å². The minimum atomic E-state index is -0.0468. The monoisotopic (exact) mass is 459 g/mol. The van der Waals surface area contributed by atoms with Gasteiger partial charge in [0.15, 0.2) is 5.11 Å². The Hall–Kier alpha value is -2.00. The number of fused-ring (bicyclic) bond motifs is 1. The SMILES string of the molecule is Cc1cc(C)c2[nH]c(=O)c(CN(CCN(C)C)C(=S)NCCCN3CCOCC3)cc2c1. The summed E-state index contributed by atoms with van der Waals surface area (Å²) in [6.45, 7) is 11.7. The van der Waals surface area contributed by atoms with E-state index in [1.165, 1.54) is 5.56 Å². The van der Waals surface area contributed by atoms with Crippen LogP contribution >= 0.6 is 12.2 Å². The summed E-state index contributed by atoms with van der Waals surface area (Å²) in [6, 6.07) is 6.23. The van der Waals surface area contributed by atoms with Crippen LogP contribution in [0.5, 0.6) is 0 Å². The zero-order valence-electron chi connectivity index (χ0n) is 19.9. The molecule has 32 heavy (non-hydrogen) atoms. The van der Waals surface area contributed by atoms with Crippen molar-refractivity contribution in [2.24, 2.45) is 0 Å². The van der Waals surface area contributed by atoms with E-state index in [9.17, 15) is 4.79 Å². The maximum absolute atomic E-state index is 12.8. The van der Waals surface area contributed by atoms with Gasteiger partial charge in [0.2, 0.25) is 0 Å². The van der Waals surface area contributed by atoms with Gasteiger partial charge in [-0.05, 0) is 76.2 Å². The maximum Gasteiger partial charge on any atom is 0.253 e. The third kappa shape index (κ3) is 7.00. The second-order valence-corrected chi connectivity index (χ2v) is 9.32. The van der Waals surface area contributed by atoms with Crippen molar-refractivity contribution in [3.05, 3.63) is 45.2 Å². The van der Waals surface area contributed by atoms with Gasteiger partial charge in [-0.2, -0.15) is 0 Å². The first-order valence-electron chi connectivity index (χ1n) is 11.4. The van der Waals surface area contributed by atoms with E-state index >= 15 is 0 Å². The first kappa shape index (κ1) is 24.6. The second kappa shape index (κ2) is 11.7. The Kier molecular flexibility index (Phi) is 9.04. The third-order valence-corrected chi connectivity index (χ3v) is 6.27. The van der Waals surface area contributed by atoms with Gasteiger partial charge in [-0.3, -0.25) is 9.69 Å². The van der Waals surface area contributed by atoms with Gasteiger partial charge in [-0.25, -0.2) is 0 Å². The summed E-state index contributed by atoms with van der Waals surface area (Å²) in [6.07, 6.45) is 1.02. The molecule has 0 unspecified atom stereocenters. The summed E-state index contributed by atoms with van der Waals surface area (Å²) in [5.41, 5.74) is 3.88. The molecule has 1 fully saturated rings. The Bertz CT molecular complexity index is 969. The normalized spacial score (nSPS) is 14.8. The minimum absolute atomic E-state index is 0.0468. The number of hydrogen-bond donors (Lipinski definition) is 2. The van der Waals surface area contributed by atoms with Crippen LogP contribution in [-0.2, 0) is 11.3 Å². The molecule has 0 atom stereocenters. The maximum atomic E-state index is 12.8. The average Bonchev–Trinajstić information content (AvgIpc) is 2.75. The van der Waals surface area contributed by atoms with E-state index in [2.05, 4.69) is 44.1 Å². The van der Waals surface area contributed by atoms with Crippen LogP contribution in [-0.4, -0.2) is 91.4 Å². The quantitative estimate of drug-likeness (QED) is 0.440. The zero-order chi connectivity index (χ0) is 23.1. The molecule has 1 aromatic carbocycles. The highest BCUT2D eigenvalue weighted by atomic mass is 32.1. The highest BCUT2D eigenvalue weighted by Gasteiger charge is 2.15. The van der Waals surface area contributed by atoms with Crippen molar-refractivity contribution in [1.82, 2.24) is 25.0 Å². The van der Waals surface area contributed by atoms with E-state index in [1.54, 1.807) is 0 Å². The molecule has 0 aliphatic carbocycles. The molecule has 0 amide bonds. The van der Waals surface area contributed by atoms with Gasteiger partial charge < -0.3 is 24.8 Å². The fraction of sp³-hybridized carbons (Fsp3) is 0.583. The van der Waals surface area contributed by atoms with Crippen molar-refractivity contribution >= 4 is 28.2 Å². The summed E-state index contributed by atoms with van der Waals surface area (Å²) in [7, 11) is 4.09. The lowest BCUT2D eigenvalue weighted by atomic mass is 10.1. The molecule has 1 aliphatic heterocycles. The Morgan fingerprint density at radius 2 is 1.94 bits per heavy atom. The summed E-state index contributed by atoms with van der Waals surface area (Å²) >= 11 is 5.73. The van der Waals surface area contributed by atoms with Crippen LogP contribution in [0.4, 0.5) is 0 Å². The molecule has 1 aliphatic rings. The van der Waals surface area contributed by atoms with Crippen LogP contribution in [0.1, 0.15) is 23.1 Å². The lowest BCUT2D eigenvalue weighted by Crippen LogP contribution is -2.44. The molecule has 1 aromatic heterocycles. The second-order valence-electron chi connectivity index (χ2n) is 8.93. The van der Waals surface area contributed by atoms with Crippen molar-refractivity contribution in [2.45, 2.75) is 26.8 Å². The number of ether oxygens (including phenoxy) is 1. The van der Waals surface area contributed by atoms with Crippen molar-refractivity contribution in [1.29, 1.82) is 0 Å². The van der Waals surface area contributed by atoms with Crippen molar-refractivity contribution in [2.75, 3.05) is 66.6 Å². The highest BCUT2D eigenvalue weighted by Crippen LogP contribution is 2.18. The third-order valence-electron chi connectivity index (χ3n) is 5.87. The van der Waals surface area contributed by atoms with Gasteiger partial charge in [0.25, 0.3) is 5.56 Å². The molecule has 0 spiro atoms. The van der Waals surface area contributed by atoms with Gasteiger partial charge in [0.05, 0.1) is 25.3 Å². The van der Waals surface area contributed by atoms with Crippen molar-refractivity contribution < 1.29 is 4.74 Å². The number of rotatable bonds is 9. The Morgan fingerprint density at radius 1 is 1.19 bits per heavy atom. The Labute approximate surface area is 196 Å². The molecule has 1 saturated heterocycles. The van der Waals surface area contributed by atoms with Gasteiger partial charge in [-0.15, -0.1) is 0 Å². The fourth-order valence-corrected chi connectivity index (χ4v) is 4.32. The van der Waals surface area contributed by atoms with Gasteiger partial charge in [0, 0.05) is 38.3 Å². The highest BCUT2D eigenvalue weighted by molar-refractivity contribution is 7.80. The molecular weight excluding hydrogens is 422 g/mol. The number of likely N-dealkylation sites (N-methyl/N-ethyl adjacent to an activating group) is 1. The van der Waals surface area contributed by atoms with Crippen LogP contribution in [0.15, 0.2) is 23.0 Å². The standard InChI is InChI=1S/C24H37N5O2S/c1-18-14-19(2)22-20(15-18)16-21(23(30)26-22)17-29(9-8-27(3)4)24(32)25-6-5-7-28-10-12-31-13-11-28/h14-16H,5-13,17H2,1-4H3,(H,25,32)(H,26,30). The van der Waals surface area contributed by atoms with Gasteiger partial charge in [-0.1, -0.05) is 11.6 Å². The predicted octanol–water partition coefficient (Wildman–Crippen LogP) is 2.11. The number of H-pyrrole nitrogens is 1. The first-order chi connectivity index (χ1) is 15.3. The number of nitrogens with zero attached hydrogens (tertiary/aromatic N) is 3. The number of benzene rings is 1. The van der Waals surface area contributed by atoms with Crippen LogP contribution < -0.4 is 10.9 Å². The van der Waals surface area contributed by atoms with Crippen molar-refractivity contribution in [3.8, 4) is 0 Å². The summed E-state index contributed by atoms with van der Waals surface area (Å²) in [5, 5.41) is 5.18. The number of aryl methyl sites for hydroxylation is 2. The molecule has 176 valence electrons. The number of hydrogen-bond acceptors (Lipinski definition) is 5. The number of nitrogens with one attached hydrogen (secondary N) is 2. The molecule has 0 radical (unpaired) electrons. The number of pyridine rings is 1. The number of aromatic amines is 1. The number of morpholine rings is 1. The molecule has 3 rings (SSSR count).